The normalized spacial score (nSPS) is 10.4. The Hall–Kier alpha value is -1.75. The summed E-state index contributed by atoms with van der Waals surface area (Å²) in [5.41, 5.74) is 1.71. The minimum atomic E-state index is -0.299. The summed E-state index contributed by atoms with van der Waals surface area (Å²) in [6.07, 6.45) is 0. The van der Waals surface area contributed by atoms with Gasteiger partial charge in [-0.15, -0.1) is 0 Å². The molecule has 0 aliphatic heterocycles. The fourth-order valence-corrected chi connectivity index (χ4v) is 2.47. The first kappa shape index (κ1) is 16.6. The van der Waals surface area contributed by atoms with E-state index >= 15 is 0 Å². The summed E-state index contributed by atoms with van der Waals surface area (Å²) in [6.45, 7) is 0.440. The molecule has 116 valence electrons. The number of carbonyl (C=O) groups is 1. The molecule has 0 heterocycles. The number of anilines is 2. The van der Waals surface area contributed by atoms with Crippen LogP contribution in [0.5, 0.6) is 0 Å². The summed E-state index contributed by atoms with van der Waals surface area (Å²) in [4.78, 5) is 14.1. The van der Waals surface area contributed by atoms with Crippen molar-refractivity contribution in [3.05, 3.63) is 58.1 Å². The van der Waals surface area contributed by atoms with Crippen LogP contribution in [-0.4, -0.2) is 31.2 Å². The largest absolute Gasteiger partial charge is 0.395 e. The van der Waals surface area contributed by atoms with Crippen molar-refractivity contribution in [2.24, 2.45) is 0 Å². The Labute approximate surface area is 139 Å². The highest BCUT2D eigenvalue weighted by Crippen LogP contribution is 2.29. The van der Waals surface area contributed by atoms with Gasteiger partial charge >= 0.3 is 0 Å². The third-order valence-corrected chi connectivity index (χ3v) is 3.82. The number of amides is 1. The molecule has 2 aromatic carbocycles. The van der Waals surface area contributed by atoms with E-state index in [9.17, 15) is 4.79 Å². The van der Waals surface area contributed by atoms with Crippen molar-refractivity contribution in [1.29, 1.82) is 0 Å². The summed E-state index contributed by atoms with van der Waals surface area (Å²) in [6, 6.07) is 12.0. The van der Waals surface area contributed by atoms with Crippen LogP contribution in [0.15, 0.2) is 42.5 Å². The van der Waals surface area contributed by atoms with Crippen molar-refractivity contribution < 1.29 is 9.90 Å². The molecule has 0 bridgehead atoms. The van der Waals surface area contributed by atoms with Gasteiger partial charge in [-0.25, -0.2) is 0 Å². The smallest absolute Gasteiger partial charge is 0.257 e. The van der Waals surface area contributed by atoms with Crippen LogP contribution in [0.4, 0.5) is 11.4 Å². The predicted octanol–water partition coefficient (Wildman–Crippen LogP) is 3.67. The molecule has 0 atom stereocenters. The Balaban J connectivity index is 2.22. The number of benzene rings is 2. The number of rotatable bonds is 5. The van der Waals surface area contributed by atoms with Gasteiger partial charge in [-0.2, -0.15) is 0 Å². The van der Waals surface area contributed by atoms with E-state index in [1.165, 1.54) is 0 Å². The van der Waals surface area contributed by atoms with Gasteiger partial charge < -0.3 is 15.3 Å². The van der Waals surface area contributed by atoms with Crippen molar-refractivity contribution >= 4 is 40.5 Å². The predicted molar refractivity (Wildman–Crippen MR) is 91.2 cm³/mol. The van der Waals surface area contributed by atoms with Crippen LogP contribution >= 0.6 is 23.2 Å². The number of likely N-dealkylation sites (N-methyl/N-ethyl adjacent to an activating group) is 1. The first-order valence-electron chi connectivity index (χ1n) is 6.70. The minimum Gasteiger partial charge on any atom is -0.395 e. The number of hydrogen-bond acceptors (Lipinski definition) is 3. The lowest BCUT2D eigenvalue weighted by molar-refractivity contribution is 0.102. The summed E-state index contributed by atoms with van der Waals surface area (Å²) in [7, 11) is 1.80. The quantitative estimate of drug-likeness (QED) is 0.874. The number of nitrogens with zero attached hydrogens (tertiary/aromatic N) is 1. The third kappa shape index (κ3) is 3.91. The van der Waals surface area contributed by atoms with Crippen molar-refractivity contribution in [3.63, 3.8) is 0 Å². The molecule has 0 radical (unpaired) electrons. The monoisotopic (exact) mass is 338 g/mol. The fraction of sp³-hybridized carbons (Fsp3) is 0.188. The van der Waals surface area contributed by atoms with Crippen LogP contribution < -0.4 is 10.2 Å². The van der Waals surface area contributed by atoms with Crippen LogP contribution in [0.25, 0.3) is 0 Å². The molecule has 2 aromatic rings. The third-order valence-electron chi connectivity index (χ3n) is 3.17. The average Bonchev–Trinajstić information content (AvgIpc) is 2.50. The molecule has 0 aliphatic rings. The lowest BCUT2D eigenvalue weighted by Crippen LogP contribution is -2.22. The second-order valence-corrected chi connectivity index (χ2v) is 5.56. The van der Waals surface area contributed by atoms with Crippen LogP contribution in [0, 0.1) is 0 Å². The maximum atomic E-state index is 12.4. The molecular weight excluding hydrogens is 323 g/mol. The van der Waals surface area contributed by atoms with E-state index in [0.717, 1.165) is 0 Å². The highest BCUT2D eigenvalue weighted by Gasteiger charge is 2.15. The van der Waals surface area contributed by atoms with Gasteiger partial charge in [0.05, 0.1) is 22.9 Å². The Morgan fingerprint density at radius 1 is 1.18 bits per heavy atom. The van der Waals surface area contributed by atoms with E-state index in [0.29, 0.717) is 33.5 Å². The molecule has 1 amide bonds. The maximum Gasteiger partial charge on any atom is 0.257 e. The van der Waals surface area contributed by atoms with E-state index in [4.69, 9.17) is 28.3 Å². The second-order valence-electron chi connectivity index (χ2n) is 4.74. The zero-order valence-electron chi connectivity index (χ0n) is 12.0. The Bertz CT molecular complexity index is 660. The van der Waals surface area contributed by atoms with E-state index < -0.39 is 0 Å². The summed E-state index contributed by atoms with van der Waals surface area (Å²) in [5.74, 6) is -0.299. The molecule has 6 heteroatoms. The van der Waals surface area contributed by atoms with Gasteiger partial charge in [0.2, 0.25) is 0 Å². The standard InChI is InChI=1S/C16H16Cl2N2O2/c1-20(9-10-21)14-4-2-3-13(15(14)18)16(22)19-12-7-5-11(17)6-8-12/h2-8,21H,9-10H2,1H3,(H,19,22). The first-order chi connectivity index (χ1) is 10.5. The van der Waals surface area contributed by atoms with Crippen LogP contribution in [0.1, 0.15) is 10.4 Å². The van der Waals surface area contributed by atoms with Crippen molar-refractivity contribution in [1.82, 2.24) is 0 Å². The number of hydrogen-bond donors (Lipinski definition) is 2. The van der Waals surface area contributed by atoms with Crippen LogP contribution in [0.2, 0.25) is 10.0 Å². The molecule has 0 aromatic heterocycles. The molecule has 0 fully saturated rings. The molecular formula is C16H16Cl2N2O2. The minimum absolute atomic E-state index is 0.00796. The van der Waals surface area contributed by atoms with E-state index in [1.807, 2.05) is 0 Å². The van der Waals surface area contributed by atoms with Gasteiger partial charge in [0.15, 0.2) is 0 Å². The molecule has 0 aliphatic carbocycles. The van der Waals surface area contributed by atoms with Crippen molar-refractivity contribution in [3.8, 4) is 0 Å². The van der Waals surface area contributed by atoms with Gasteiger partial charge in [0.25, 0.3) is 5.91 Å². The summed E-state index contributed by atoms with van der Waals surface area (Å²) >= 11 is 12.1. The number of halogens is 2. The Morgan fingerprint density at radius 3 is 2.50 bits per heavy atom. The molecule has 0 saturated carbocycles. The van der Waals surface area contributed by atoms with Gasteiger partial charge in [-0.1, -0.05) is 29.3 Å². The van der Waals surface area contributed by atoms with Crippen LogP contribution in [0.3, 0.4) is 0 Å². The molecule has 0 saturated heterocycles. The number of aliphatic hydroxyl groups excluding tert-OH is 1. The molecule has 0 spiro atoms. The zero-order valence-corrected chi connectivity index (χ0v) is 13.5. The topological polar surface area (TPSA) is 52.6 Å². The molecule has 2 rings (SSSR count). The highest BCUT2D eigenvalue weighted by atomic mass is 35.5. The number of nitrogens with one attached hydrogen (secondary N) is 1. The van der Waals surface area contributed by atoms with Gasteiger partial charge in [0, 0.05) is 24.3 Å². The summed E-state index contributed by atoms with van der Waals surface area (Å²) in [5, 5.41) is 12.7. The number of aliphatic hydroxyl groups is 1. The lowest BCUT2D eigenvalue weighted by atomic mass is 10.1. The first-order valence-corrected chi connectivity index (χ1v) is 7.46. The Morgan fingerprint density at radius 2 is 1.86 bits per heavy atom. The zero-order chi connectivity index (χ0) is 16.1. The fourth-order valence-electron chi connectivity index (χ4n) is 1.99. The highest BCUT2D eigenvalue weighted by molar-refractivity contribution is 6.37. The van der Waals surface area contributed by atoms with E-state index in [-0.39, 0.29) is 12.5 Å². The van der Waals surface area contributed by atoms with Crippen molar-refractivity contribution in [2.75, 3.05) is 30.4 Å². The van der Waals surface area contributed by atoms with Crippen molar-refractivity contribution in [2.45, 2.75) is 0 Å². The van der Waals surface area contributed by atoms with Gasteiger partial charge in [-0.05, 0) is 36.4 Å². The lowest BCUT2D eigenvalue weighted by Gasteiger charge is -2.20. The van der Waals surface area contributed by atoms with Gasteiger partial charge in [-0.3, -0.25) is 4.79 Å². The summed E-state index contributed by atoms with van der Waals surface area (Å²) < 4.78 is 0. The van der Waals surface area contributed by atoms with E-state index in [1.54, 1.807) is 54.4 Å². The number of carbonyl (C=O) groups excluding carboxylic acids is 1. The van der Waals surface area contributed by atoms with Crippen LogP contribution in [-0.2, 0) is 0 Å². The van der Waals surface area contributed by atoms with E-state index in [2.05, 4.69) is 5.32 Å². The Kier molecular flexibility index (Phi) is 5.66. The molecule has 2 N–H and O–H groups in total. The maximum absolute atomic E-state index is 12.4. The second kappa shape index (κ2) is 7.49. The van der Waals surface area contributed by atoms with Gasteiger partial charge in [0.1, 0.15) is 0 Å². The SMILES string of the molecule is CN(CCO)c1cccc(C(=O)Nc2ccc(Cl)cc2)c1Cl. The molecule has 0 unspecified atom stereocenters. The average molecular weight is 339 g/mol. The molecule has 4 nitrogen and oxygen atoms in total. The molecule has 22 heavy (non-hydrogen) atoms.